The van der Waals surface area contributed by atoms with E-state index in [-0.39, 0.29) is 12.7 Å². The molecular weight excluding hydrogens is 416 g/mol. The monoisotopic (exact) mass is 442 g/mol. The van der Waals surface area contributed by atoms with Crippen LogP contribution in [-0.4, -0.2) is 18.6 Å². The third-order valence-corrected chi connectivity index (χ3v) is 6.52. The molecule has 0 unspecified atom stereocenters. The predicted octanol–water partition coefficient (Wildman–Crippen LogP) is 4.97. The number of amides is 2. The third kappa shape index (κ3) is 3.82. The number of fused-ring (bicyclic) bond motifs is 1. The van der Waals surface area contributed by atoms with Crippen molar-refractivity contribution in [3.8, 4) is 22.6 Å². The summed E-state index contributed by atoms with van der Waals surface area (Å²) in [5.74, 6) is 1.23. The average molecular weight is 443 g/mol. The molecule has 168 valence electrons. The van der Waals surface area contributed by atoms with Crippen LogP contribution in [0.15, 0.2) is 60.7 Å². The van der Waals surface area contributed by atoms with Crippen molar-refractivity contribution in [2.45, 2.75) is 38.0 Å². The second-order valence-electron chi connectivity index (χ2n) is 9.00. The predicted molar refractivity (Wildman–Crippen MR) is 127 cm³/mol. The van der Waals surface area contributed by atoms with Gasteiger partial charge >= 0.3 is 0 Å². The number of hydrogen-bond acceptors (Lipinski definition) is 4. The number of benzene rings is 3. The van der Waals surface area contributed by atoms with Gasteiger partial charge in [-0.3, -0.25) is 9.59 Å². The Bertz CT molecular complexity index is 1240. The topological polar surface area (TPSA) is 90.7 Å². The minimum Gasteiger partial charge on any atom is -0.454 e. The van der Waals surface area contributed by atoms with Gasteiger partial charge in [-0.15, -0.1) is 0 Å². The van der Waals surface area contributed by atoms with Gasteiger partial charge in [-0.25, -0.2) is 0 Å². The molecule has 1 heterocycles. The van der Waals surface area contributed by atoms with E-state index in [1.807, 2.05) is 42.5 Å². The molecule has 2 aliphatic rings. The smallest absolute Gasteiger partial charge is 0.248 e. The van der Waals surface area contributed by atoms with Gasteiger partial charge in [-0.05, 0) is 77.4 Å². The zero-order chi connectivity index (χ0) is 23.2. The number of nitrogens with one attached hydrogen (secondary N) is 1. The molecule has 0 atom stereocenters. The van der Waals surface area contributed by atoms with Crippen molar-refractivity contribution in [3.05, 3.63) is 77.4 Å². The second kappa shape index (κ2) is 7.96. The number of anilines is 1. The first-order chi connectivity index (χ1) is 15.9. The summed E-state index contributed by atoms with van der Waals surface area (Å²) in [4.78, 5) is 24.8. The second-order valence-corrected chi connectivity index (χ2v) is 9.00. The molecule has 1 aliphatic heterocycles. The van der Waals surface area contributed by atoms with E-state index in [0.29, 0.717) is 23.0 Å². The molecule has 1 fully saturated rings. The van der Waals surface area contributed by atoms with Crippen LogP contribution < -0.4 is 20.5 Å². The molecule has 6 heteroatoms. The molecule has 1 saturated carbocycles. The van der Waals surface area contributed by atoms with Gasteiger partial charge < -0.3 is 20.5 Å². The van der Waals surface area contributed by atoms with Gasteiger partial charge in [0.1, 0.15) is 0 Å². The Balaban J connectivity index is 1.43. The molecule has 1 aliphatic carbocycles. The van der Waals surface area contributed by atoms with Crippen LogP contribution >= 0.6 is 0 Å². The number of carbonyl (C=O) groups excluding carboxylic acids is 2. The van der Waals surface area contributed by atoms with E-state index in [9.17, 15) is 9.59 Å². The van der Waals surface area contributed by atoms with Gasteiger partial charge in [0.05, 0.1) is 5.41 Å². The van der Waals surface area contributed by atoms with Crippen molar-refractivity contribution in [3.63, 3.8) is 0 Å². The zero-order valence-electron chi connectivity index (χ0n) is 18.7. The van der Waals surface area contributed by atoms with Crippen LogP contribution in [0.2, 0.25) is 0 Å². The van der Waals surface area contributed by atoms with Gasteiger partial charge in [0, 0.05) is 11.3 Å². The first-order valence-electron chi connectivity index (χ1n) is 11.1. The summed E-state index contributed by atoms with van der Waals surface area (Å²) >= 11 is 0. The van der Waals surface area contributed by atoms with Crippen molar-refractivity contribution in [1.29, 1.82) is 0 Å². The van der Waals surface area contributed by atoms with E-state index in [2.05, 4.69) is 25.2 Å². The lowest BCUT2D eigenvalue weighted by atomic mass is 9.91. The third-order valence-electron chi connectivity index (χ3n) is 6.52. The number of rotatable bonds is 6. The molecule has 3 aromatic carbocycles. The maximum Gasteiger partial charge on any atom is 0.248 e. The lowest BCUT2D eigenvalue weighted by Gasteiger charge is -2.19. The Hall–Kier alpha value is -3.80. The maximum atomic E-state index is 13.3. The number of nitrogens with two attached hydrogens (primary N) is 1. The largest absolute Gasteiger partial charge is 0.454 e. The first-order valence-corrected chi connectivity index (χ1v) is 11.1. The molecule has 5 rings (SSSR count). The summed E-state index contributed by atoms with van der Waals surface area (Å²) in [6.07, 6.45) is 1.59. The van der Waals surface area contributed by atoms with Crippen LogP contribution in [0.25, 0.3) is 11.1 Å². The molecule has 2 amide bonds. The normalized spacial score (nSPS) is 15.4. The fourth-order valence-corrected chi connectivity index (χ4v) is 4.42. The Morgan fingerprint density at radius 2 is 1.67 bits per heavy atom. The van der Waals surface area contributed by atoms with Crippen LogP contribution in [0.5, 0.6) is 11.5 Å². The number of hydrogen-bond donors (Lipinski definition) is 2. The molecule has 0 radical (unpaired) electrons. The molecule has 0 spiro atoms. The highest BCUT2D eigenvalue weighted by Crippen LogP contribution is 2.51. The van der Waals surface area contributed by atoms with E-state index in [0.717, 1.165) is 40.8 Å². The highest BCUT2D eigenvalue weighted by Gasteiger charge is 2.51. The number of carbonyl (C=O) groups is 2. The fourth-order valence-electron chi connectivity index (χ4n) is 4.42. The molecule has 0 aromatic heterocycles. The van der Waals surface area contributed by atoms with Crippen LogP contribution in [-0.2, 0) is 10.2 Å². The summed E-state index contributed by atoms with van der Waals surface area (Å²) in [6, 6.07) is 19.0. The lowest BCUT2D eigenvalue weighted by molar-refractivity contribution is -0.118. The van der Waals surface area contributed by atoms with Crippen molar-refractivity contribution < 1.29 is 19.1 Å². The first kappa shape index (κ1) is 21.1. The van der Waals surface area contributed by atoms with Crippen LogP contribution in [0.3, 0.4) is 0 Å². The summed E-state index contributed by atoms with van der Waals surface area (Å²) in [5.41, 5.74) is 10.2. The summed E-state index contributed by atoms with van der Waals surface area (Å²) in [6.45, 7) is 4.48. The maximum absolute atomic E-state index is 13.3. The lowest BCUT2D eigenvalue weighted by Crippen LogP contribution is -2.27. The van der Waals surface area contributed by atoms with E-state index < -0.39 is 11.3 Å². The Morgan fingerprint density at radius 1 is 0.939 bits per heavy atom. The van der Waals surface area contributed by atoms with E-state index >= 15 is 0 Å². The molecular formula is C27H26N2O4. The van der Waals surface area contributed by atoms with Crippen molar-refractivity contribution in [2.24, 2.45) is 5.73 Å². The van der Waals surface area contributed by atoms with Gasteiger partial charge in [0.2, 0.25) is 18.6 Å². The van der Waals surface area contributed by atoms with Crippen LogP contribution in [0.1, 0.15) is 54.1 Å². The van der Waals surface area contributed by atoms with E-state index in [1.54, 1.807) is 12.1 Å². The molecule has 33 heavy (non-hydrogen) atoms. The molecule has 6 nitrogen and oxygen atoms in total. The van der Waals surface area contributed by atoms with Crippen molar-refractivity contribution >= 4 is 17.5 Å². The van der Waals surface area contributed by atoms with Crippen LogP contribution in [0, 0.1) is 0 Å². The van der Waals surface area contributed by atoms with Crippen LogP contribution in [0.4, 0.5) is 5.69 Å². The number of primary amides is 1. The highest BCUT2D eigenvalue weighted by atomic mass is 16.7. The Morgan fingerprint density at radius 3 is 2.33 bits per heavy atom. The summed E-state index contributed by atoms with van der Waals surface area (Å²) in [7, 11) is 0. The van der Waals surface area contributed by atoms with Gasteiger partial charge in [-0.1, -0.05) is 38.1 Å². The Labute approximate surface area is 192 Å². The summed E-state index contributed by atoms with van der Waals surface area (Å²) in [5, 5.41) is 3.13. The molecule has 0 saturated heterocycles. The van der Waals surface area contributed by atoms with Crippen molar-refractivity contribution in [1.82, 2.24) is 0 Å². The summed E-state index contributed by atoms with van der Waals surface area (Å²) < 4.78 is 10.9. The van der Waals surface area contributed by atoms with E-state index in [1.165, 1.54) is 0 Å². The minimum absolute atomic E-state index is 0.0197. The Kier molecular flexibility index (Phi) is 5.08. The quantitative estimate of drug-likeness (QED) is 0.564. The molecule has 0 bridgehead atoms. The van der Waals surface area contributed by atoms with Gasteiger partial charge in [0.25, 0.3) is 0 Å². The fraction of sp³-hybridized carbons (Fsp3) is 0.259. The SMILES string of the molecule is CC(C)c1ccc(NC(=O)C2(c3ccc4c(c3)OCO4)CC2)cc1-c1ccc(C(N)=O)cc1. The van der Waals surface area contributed by atoms with E-state index in [4.69, 9.17) is 15.2 Å². The van der Waals surface area contributed by atoms with Gasteiger partial charge in [0.15, 0.2) is 11.5 Å². The molecule has 3 aromatic rings. The number of ether oxygens (including phenoxy) is 2. The zero-order valence-corrected chi connectivity index (χ0v) is 18.7. The average Bonchev–Trinajstić information content (AvgIpc) is 3.50. The minimum atomic E-state index is -0.541. The highest BCUT2D eigenvalue weighted by molar-refractivity contribution is 6.02. The van der Waals surface area contributed by atoms with Crippen molar-refractivity contribution in [2.75, 3.05) is 12.1 Å². The molecule has 3 N–H and O–H groups in total. The van der Waals surface area contributed by atoms with Gasteiger partial charge in [-0.2, -0.15) is 0 Å². The standard InChI is InChI=1S/C27H26N2O4/c1-16(2)21-9-8-20(14-22(21)17-3-5-18(6-4-17)25(28)30)29-26(31)27(11-12-27)19-7-10-23-24(13-19)33-15-32-23/h3-10,13-14,16H,11-12,15H2,1-2H3,(H2,28,30)(H,29,31).